The summed E-state index contributed by atoms with van der Waals surface area (Å²) in [5, 5.41) is 21.2. The van der Waals surface area contributed by atoms with Crippen LogP contribution >= 0.6 is 0 Å². The van der Waals surface area contributed by atoms with Crippen LogP contribution in [0, 0.1) is 27.7 Å². The van der Waals surface area contributed by atoms with E-state index in [0.29, 0.717) is 0 Å². The molecule has 0 saturated carbocycles. The fourth-order valence-electron chi connectivity index (χ4n) is 6.13. The third kappa shape index (κ3) is 3.85. The molecule has 0 bridgehead atoms. The van der Waals surface area contributed by atoms with Crippen molar-refractivity contribution in [1.29, 1.82) is 0 Å². The van der Waals surface area contributed by atoms with Gasteiger partial charge < -0.3 is 19.7 Å². The van der Waals surface area contributed by atoms with E-state index in [1.165, 1.54) is 33.0 Å². The molecular formula is C32H34O4. The van der Waals surface area contributed by atoms with Crippen molar-refractivity contribution in [3.05, 3.63) is 105 Å². The van der Waals surface area contributed by atoms with Gasteiger partial charge in [0.05, 0.1) is 13.2 Å². The maximum Gasteiger partial charge on any atom is 0.125 e. The minimum absolute atomic E-state index is 0.00880. The van der Waals surface area contributed by atoms with Crippen molar-refractivity contribution < 1.29 is 19.7 Å². The maximum absolute atomic E-state index is 9.29. The van der Waals surface area contributed by atoms with Crippen LogP contribution in [0.15, 0.2) is 60.7 Å². The zero-order valence-corrected chi connectivity index (χ0v) is 21.5. The van der Waals surface area contributed by atoms with Crippen LogP contribution in [0.25, 0.3) is 10.8 Å². The lowest BCUT2D eigenvalue weighted by Gasteiger charge is -2.34. The largest absolute Gasteiger partial charge is 0.491 e. The van der Waals surface area contributed by atoms with Crippen molar-refractivity contribution in [2.75, 3.05) is 26.4 Å². The number of rotatable bonds is 8. The number of aliphatic hydroxyl groups excluding tert-OH is 2. The molecule has 0 aliphatic heterocycles. The lowest BCUT2D eigenvalue weighted by Crippen LogP contribution is -2.29. The third-order valence-corrected chi connectivity index (χ3v) is 7.49. The molecular weight excluding hydrogens is 448 g/mol. The first-order valence-electron chi connectivity index (χ1n) is 12.6. The molecule has 0 amide bonds. The number of hydrogen-bond acceptors (Lipinski definition) is 4. The highest BCUT2D eigenvalue weighted by atomic mass is 16.5. The lowest BCUT2D eigenvalue weighted by molar-refractivity contribution is 0.200. The maximum atomic E-state index is 9.29. The van der Waals surface area contributed by atoms with Gasteiger partial charge >= 0.3 is 0 Å². The highest BCUT2D eigenvalue weighted by molar-refractivity contribution is 5.94. The molecule has 4 nitrogen and oxygen atoms in total. The smallest absolute Gasteiger partial charge is 0.125 e. The fraction of sp³-hybridized carbons (Fsp3) is 0.312. The second-order valence-electron chi connectivity index (χ2n) is 9.93. The predicted molar refractivity (Wildman–Crippen MR) is 145 cm³/mol. The molecule has 4 aromatic carbocycles. The Morgan fingerprint density at radius 1 is 0.694 bits per heavy atom. The molecule has 1 aliphatic carbocycles. The van der Waals surface area contributed by atoms with Crippen LogP contribution in [-0.4, -0.2) is 36.6 Å². The van der Waals surface area contributed by atoms with Crippen molar-refractivity contribution in [2.24, 2.45) is 0 Å². The molecule has 0 atom stereocenters. The average molecular weight is 483 g/mol. The van der Waals surface area contributed by atoms with Gasteiger partial charge in [0, 0.05) is 5.41 Å². The highest BCUT2D eigenvalue weighted by Gasteiger charge is 2.43. The van der Waals surface area contributed by atoms with E-state index in [1.807, 2.05) is 0 Å². The second-order valence-corrected chi connectivity index (χ2v) is 9.93. The molecule has 0 radical (unpaired) electrons. The van der Waals surface area contributed by atoms with Gasteiger partial charge in [0.1, 0.15) is 24.7 Å². The number of aliphatic hydroxyl groups is 2. The Balaban J connectivity index is 1.78. The number of benzene rings is 4. The first kappa shape index (κ1) is 24.4. The molecule has 2 N–H and O–H groups in total. The Hall–Kier alpha value is -3.34. The summed E-state index contributed by atoms with van der Waals surface area (Å²) in [5.74, 6) is 1.69. The zero-order chi connectivity index (χ0) is 25.4. The molecule has 0 fully saturated rings. The topological polar surface area (TPSA) is 58.9 Å². The molecule has 186 valence electrons. The van der Waals surface area contributed by atoms with Crippen molar-refractivity contribution >= 4 is 10.8 Å². The summed E-state index contributed by atoms with van der Waals surface area (Å²) >= 11 is 0. The van der Waals surface area contributed by atoms with Gasteiger partial charge in [-0.25, -0.2) is 0 Å². The van der Waals surface area contributed by atoms with Crippen molar-refractivity contribution in [2.45, 2.75) is 39.5 Å². The zero-order valence-electron chi connectivity index (χ0n) is 21.5. The summed E-state index contributed by atoms with van der Waals surface area (Å²) in [6.45, 7) is 8.89. The summed E-state index contributed by atoms with van der Waals surface area (Å²) in [4.78, 5) is 0. The van der Waals surface area contributed by atoms with Crippen molar-refractivity contribution in [3.63, 3.8) is 0 Å². The van der Waals surface area contributed by atoms with Crippen LogP contribution < -0.4 is 9.47 Å². The van der Waals surface area contributed by atoms with Gasteiger partial charge in [0.2, 0.25) is 0 Å². The monoisotopic (exact) mass is 482 g/mol. The Morgan fingerprint density at radius 2 is 1.17 bits per heavy atom. The molecule has 0 spiro atoms. The van der Waals surface area contributed by atoms with Gasteiger partial charge in [-0.05, 0) is 89.4 Å². The van der Waals surface area contributed by atoms with Gasteiger partial charge in [-0.15, -0.1) is 0 Å². The quantitative estimate of drug-likeness (QED) is 0.338. The first-order chi connectivity index (χ1) is 17.4. The summed E-state index contributed by atoms with van der Waals surface area (Å²) in [6.07, 6.45) is 0.870. The van der Waals surface area contributed by atoms with Gasteiger partial charge in [0.15, 0.2) is 0 Å². The fourth-order valence-corrected chi connectivity index (χ4v) is 6.13. The van der Waals surface area contributed by atoms with E-state index < -0.39 is 0 Å². The van der Waals surface area contributed by atoms with E-state index in [4.69, 9.17) is 9.47 Å². The standard InChI is InChI=1S/C32H34O4/c1-20-15-26(16-21(2)30(20)35-13-11-33)32(27-17-22(3)31(23(4)18-27)36-14-12-34)19-25-9-5-7-24-8-6-10-28(32)29(24)25/h5-10,15-18,33-34H,11-14,19H2,1-4H3. The minimum Gasteiger partial charge on any atom is -0.491 e. The third-order valence-electron chi connectivity index (χ3n) is 7.49. The number of aryl methyl sites for hydroxylation is 4. The van der Waals surface area contributed by atoms with Gasteiger partial charge in [-0.3, -0.25) is 0 Å². The summed E-state index contributed by atoms with van der Waals surface area (Å²) in [5.41, 5.74) is 9.06. The van der Waals surface area contributed by atoms with Gasteiger partial charge in [-0.1, -0.05) is 60.7 Å². The minimum atomic E-state index is -0.362. The summed E-state index contributed by atoms with van der Waals surface area (Å²) < 4.78 is 11.8. The van der Waals surface area contributed by atoms with Crippen LogP contribution in [0.1, 0.15) is 44.5 Å². The highest BCUT2D eigenvalue weighted by Crippen LogP contribution is 2.52. The van der Waals surface area contributed by atoms with Crippen LogP contribution in [-0.2, 0) is 11.8 Å². The van der Waals surface area contributed by atoms with E-state index in [0.717, 1.165) is 40.2 Å². The number of hydrogen-bond donors (Lipinski definition) is 2. The molecule has 0 aromatic heterocycles. The molecule has 36 heavy (non-hydrogen) atoms. The van der Waals surface area contributed by atoms with E-state index in [-0.39, 0.29) is 31.8 Å². The molecule has 0 saturated heterocycles. The van der Waals surface area contributed by atoms with Gasteiger partial charge in [0.25, 0.3) is 0 Å². The molecule has 5 rings (SSSR count). The second kappa shape index (κ2) is 9.61. The Bertz CT molecular complexity index is 1320. The van der Waals surface area contributed by atoms with E-state index in [2.05, 4.69) is 88.4 Å². The Morgan fingerprint density at radius 3 is 1.64 bits per heavy atom. The normalized spacial score (nSPS) is 13.8. The Kier molecular flexibility index (Phi) is 6.50. The van der Waals surface area contributed by atoms with Crippen LogP contribution in [0.4, 0.5) is 0 Å². The lowest BCUT2D eigenvalue weighted by atomic mass is 9.68. The summed E-state index contributed by atoms with van der Waals surface area (Å²) in [7, 11) is 0. The van der Waals surface area contributed by atoms with E-state index in [9.17, 15) is 10.2 Å². The predicted octanol–water partition coefficient (Wildman–Crippen LogP) is 5.71. The Labute approximate surface area is 213 Å². The van der Waals surface area contributed by atoms with Crippen LogP contribution in [0.2, 0.25) is 0 Å². The van der Waals surface area contributed by atoms with Crippen molar-refractivity contribution in [1.82, 2.24) is 0 Å². The molecule has 0 unspecified atom stereocenters. The number of ether oxygens (including phenoxy) is 2. The van der Waals surface area contributed by atoms with E-state index >= 15 is 0 Å². The van der Waals surface area contributed by atoms with Crippen LogP contribution in [0.3, 0.4) is 0 Å². The van der Waals surface area contributed by atoms with Crippen molar-refractivity contribution in [3.8, 4) is 11.5 Å². The van der Waals surface area contributed by atoms with Crippen LogP contribution in [0.5, 0.6) is 11.5 Å². The van der Waals surface area contributed by atoms with Gasteiger partial charge in [-0.2, -0.15) is 0 Å². The molecule has 0 heterocycles. The summed E-state index contributed by atoms with van der Waals surface area (Å²) in [6, 6.07) is 22.3. The average Bonchev–Trinajstić information content (AvgIpc) is 3.20. The molecule has 4 aromatic rings. The first-order valence-corrected chi connectivity index (χ1v) is 12.6. The SMILES string of the molecule is Cc1cc(C2(c3cc(C)c(OCCO)c(C)c3)Cc3cccc4cccc2c34)cc(C)c1OCCO. The molecule has 4 heteroatoms. The molecule has 1 aliphatic rings. The van der Waals surface area contributed by atoms with E-state index in [1.54, 1.807) is 0 Å².